The summed E-state index contributed by atoms with van der Waals surface area (Å²) < 4.78 is 1.59. The van der Waals surface area contributed by atoms with Gasteiger partial charge in [0.05, 0.1) is 17.3 Å². The molecule has 0 saturated heterocycles. The Balaban J connectivity index is 2.14. The molecule has 86 valence electrons. The van der Waals surface area contributed by atoms with E-state index in [1.54, 1.807) is 28.9 Å². The third kappa shape index (κ3) is 1.57. The molecule has 0 fully saturated rings. The molecule has 2 heterocycles. The van der Waals surface area contributed by atoms with Crippen LogP contribution in [-0.2, 0) is 0 Å². The van der Waals surface area contributed by atoms with Crippen LogP contribution >= 0.6 is 0 Å². The minimum atomic E-state index is 0.542. The van der Waals surface area contributed by atoms with Crippen LogP contribution in [-0.4, -0.2) is 14.6 Å². The van der Waals surface area contributed by atoms with Crippen molar-refractivity contribution in [2.24, 2.45) is 0 Å². The number of hydrogen-bond acceptors (Lipinski definition) is 4. The number of rotatable bonds is 1. The van der Waals surface area contributed by atoms with E-state index in [0.717, 1.165) is 11.3 Å². The molecule has 0 aliphatic rings. The molecule has 5 heteroatoms. The van der Waals surface area contributed by atoms with Gasteiger partial charge in [-0.15, -0.1) is 0 Å². The highest BCUT2D eigenvalue weighted by atomic mass is 15.3. The second-order valence-corrected chi connectivity index (χ2v) is 3.86. The van der Waals surface area contributed by atoms with Crippen molar-refractivity contribution in [2.45, 2.75) is 0 Å². The number of nitrogens with zero attached hydrogens (tertiary/aromatic N) is 4. The smallest absolute Gasteiger partial charge is 0.157 e. The van der Waals surface area contributed by atoms with Crippen LogP contribution < -0.4 is 5.73 Å². The molecule has 0 amide bonds. The maximum Gasteiger partial charge on any atom is 0.157 e. The quantitative estimate of drug-likeness (QED) is 0.698. The lowest BCUT2D eigenvalue weighted by atomic mass is 10.1. The number of aromatic nitrogens is 3. The number of fused-ring (bicyclic) bond motifs is 1. The van der Waals surface area contributed by atoms with Crippen LogP contribution in [0, 0.1) is 11.3 Å². The lowest BCUT2D eigenvalue weighted by Crippen LogP contribution is -1.98. The summed E-state index contributed by atoms with van der Waals surface area (Å²) >= 11 is 0. The SMILES string of the molecule is N#Cc1ccc(-c2cc3nccc(N)n3n2)cc1. The van der Waals surface area contributed by atoms with Crippen LogP contribution in [0.5, 0.6) is 0 Å². The molecule has 2 N–H and O–H groups in total. The monoisotopic (exact) mass is 235 g/mol. The summed E-state index contributed by atoms with van der Waals surface area (Å²) in [5.41, 5.74) is 8.85. The Morgan fingerprint density at radius 1 is 1.17 bits per heavy atom. The van der Waals surface area contributed by atoms with Crippen LogP contribution in [0.1, 0.15) is 5.56 Å². The highest BCUT2D eigenvalue weighted by Gasteiger charge is 2.06. The average Bonchev–Trinajstić information content (AvgIpc) is 2.84. The van der Waals surface area contributed by atoms with Crippen molar-refractivity contribution in [1.82, 2.24) is 14.6 Å². The molecule has 1 aromatic carbocycles. The van der Waals surface area contributed by atoms with Crippen molar-refractivity contribution in [1.29, 1.82) is 5.26 Å². The first-order valence-electron chi connectivity index (χ1n) is 5.39. The number of hydrogen-bond donors (Lipinski definition) is 1. The molecule has 0 radical (unpaired) electrons. The van der Waals surface area contributed by atoms with Gasteiger partial charge in [-0.3, -0.25) is 0 Å². The van der Waals surface area contributed by atoms with Gasteiger partial charge >= 0.3 is 0 Å². The molecular weight excluding hydrogens is 226 g/mol. The molecule has 2 aromatic heterocycles. The topological polar surface area (TPSA) is 80.0 Å². The van der Waals surface area contributed by atoms with E-state index in [9.17, 15) is 0 Å². The fourth-order valence-electron chi connectivity index (χ4n) is 1.77. The van der Waals surface area contributed by atoms with E-state index in [-0.39, 0.29) is 0 Å². The van der Waals surface area contributed by atoms with E-state index >= 15 is 0 Å². The van der Waals surface area contributed by atoms with Crippen molar-refractivity contribution in [3.05, 3.63) is 48.2 Å². The Labute approximate surface area is 103 Å². The van der Waals surface area contributed by atoms with E-state index in [2.05, 4.69) is 16.2 Å². The zero-order valence-corrected chi connectivity index (χ0v) is 9.41. The predicted molar refractivity (Wildman–Crippen MR) is 67.6 cm³/mol. The number of nitriles is 1. The second-order valence-electron chi connectivity index (χ2n) is 3.86. The Morgan fingerprint density at radius 2 is 1.94 bits per heavy atom. The predicted octanol–water partition coefficient (Wildman–Crippen LogP) is 1.85. The van der Waals surface area contributed by atoms with E-state index in [4.69, 9.17) is 11.0 Å². The summed E-state index contributed by atoms with van der Waals surface area (Å²) in [6.07, 6.45) is 1.65. The number of nitrogen functional groups attached to an aromatic ring is 1. The minimum absolute atomic E-state index is 0.542. The van der Waals surface area contributed by atoms with E-state index in [1.807, 2.05) is 18.2 Å². The zero-order valence-electron chi connectivity index (χ0n) is 9.41. The van der Waals surface area contributed by atoms with Gasteiger partial charge in [0.25, 0.3) is 0 Å². The number of nitrogens with two attached hydrogens (primary N) is 1. The molecular formula is C13H9N5. The van der Waals surface area contributed by atoms with E-state index < -0.39 is 0 Å². The highest BCUT2D eigenvalue weighted by Crippen LogP contribution is 2.20. The fraction of sp³-hybridized carbons (Fsp3) is 0. The molecule has 3 rings (SSSR count). The Hall–Kier alpha value is -2.87. The third-order valence-electron chi connectivity index (χ3n) is 2.70. The lowest BCUT2D eigenvalue weighted by Gasteiger charge is -1.96. The first-order valence-corrected chi connectivity index (χ1v) is 5.39. The largest absolute Gasteiger partial charge is 0.384 e. The standard InChI is InChI=1S/C13H9N5/c14-8-9-1-3-10(4-2-9)11-7-13-16-6-5-12(15)18(13)17-11/h1-7H,15H2. The van der Waals surface area contributed by atoms with Crippen LogP contribution in [0.3, 0.4) is 0 Å². The van der Waals surface area contributed by atoms with Gasteiger partial charge in [-0.25, -0.2) is 4.98 Å². The molecule has 0 aliphatic heterocycles. The fourth-order valence-corrected chi connectivity index (χ4v) is 1.77. The normalized spacial score (nSPS) is 10.4. The van der Waals surface area contributed by atoms with Gasteiger partial charge < -0.3 is 5.73 Å². The minimum Gasteiger partial charge on any atom is -0.384 e. The van der Waals surface area contributed by atoms with Crippen LogP contribution in [0.4, 0.5) is 5.82 Å². The van der Waals surface area contributed by atoms with Crippen molar-refractivity contribution in [2.75, 3.05) is 5.73 Å². The molecule has 0 spiro atoms. The molecule has 0 bridgehead atoms. The third-order valence-corrected chi connectivity index (χ3v) is 2.70. The molecule has 5 nitrogen and oxygen atoms in total. The summed E-state index contributed by atoms with van der Waals surface area (Å²) in [4.78, 5) is 4.19. The van der Waals surface area contributed by atoms with Crippen LogP contribution in [0.2, 0.25) is 0 Å². The van der Waals surface area contributed by atoms with Crippen molar-refractivity contribution in [3.63, 3.8) is 0 Å². The first kappa shape index (κ1) is 10.3. The summed E-state index contributed by atoms with van der Waals surface area (Å²) in [6.45, 7) is 0. The number of anilines is 1. The summed E-state index contributed by atoms with van der Waals surface area (Å²) in [6, 6.07) is 12.9. The van der Waals surface area contributed by atoms with Crippen molar-refractivity contribution < 1.29 is 0 Å². The molecule has 3 aromatic rings. The van der Waals surface area contributed by atoms with Gasteiger partial charge in [-0.2, -0.15) is 14.9 Å². The Morgan fingerprint density at radius 3 is 2.61 bits per heavy atom. The lowest BCUT2D eigenvalue weighted by molar-refractivity contribution is 0.956. The Kier molecular flexibility index (Phi) is 2.21. The van der Waals surface area contributed by atoms with Gasteiger partial charge in [0.1, 0.15) is 5.82 Å². The molecule has 0 saturated carbocycles. The highest BCUT2D eigenvalue weighted by molar-refractivity contribution is 5.65. The van der Waals surface area contributed by atoms with Crippen molar-refractivity contribution >= 4 is 11.5 Å². The van der Waals surface area contributed by atoms with E-state index in [1.165, 1.54) is 0 Å². The number of benzene rings is 1. The van der Waals surface area contributed by atoms with Gasteiger partial charge in [0.2, 0.25) is 0 Å². The van der Waals surface area contributed by atoms with E-state index in [0.29, 0.717) is 17.0 Å². The average molecular weight is 235 g/mol. The van der Waals surface area contributed by atoms with Crippen molar-refractivity contribution in [3.8, 4) is 17.3 Å². The summed E-state index contributed by atoms with van der Waals surface area (Å²) in [7, 11) is 0. The molecule has 18 heavy (non-hydrogen) atoms. The zero-order chi connectivity index (χ0) is 12.5. The second kappa shape index (κ2) is 3.86. The van der Waals surface area contributed by atoms with Crippen LogP contribution in [0.25, 0.3) is 16.9 Å². The maximum atomic E-state index is 8.75. The Bertz CT molecular complexity index is 749. The summed E-state index contributed by atoms with van der Waals surface area (Å²) in [5, 5.41) is 13.1. The maximum absolute atomic E-state index is 8.75. The van der Waals surface area contributed by atoms with Crippen LogP contribution in [0.15, 0.2) is 42.6 Å². The van der Waals surface area contributed by atoms with Gasteiger partial charge in [0, 0.05) is 17.8 Å². The summed E-state index contributed by atoms with van der Waals surface area (Å²) in [5.74, 6) is 0.542. The molecule has 0 unspecified atom stereocenters. The first-order chi connectivity index (χ1) is 8.78. The van der Waals surface area contributed by atoms with Gasteiger partial charge in [-0.05, 0) is 18.2 Å². The van der Waals surface area contributed by atoms with Gasteiger partial charge in [0.15, 0.2) is 5.65 Å². The molecule has 0 aliphatic carbocycles. The molecule has 0 atom stereocenters. The van der Waals surface area contributed by atoms with Gasteiger partial charge in [-0.1, -0.05) is 12.1 Å².